The van der Waals surface area contributed by atoms with Crippen molar-refractivity contribution in [3.05, 3.63) is 47.6 Å². The van der Waals surface area contributed by atoms with Crippen molar-refractivity contribution < 1.29 is 12.9 Å². The molecule has 4 aliphatic carbocycles. The van der Waals surface area contributed by atoms with Gasteiger partial charge in [0.15, 0.2) is 15.7 Å². The third-order valence-electron chi connectivity index (χ3n) is 5.79. The summed E-state index contributed by atoms with van der Waals surface area (Å²) in [5.74, 6) is 2.13. The summed E-state index contributed by atoms with van der Waals surface area (Å²) in [5.41, 5.74) is 1.28. The molecular formula is C17H18N2O3S. The maximum absolute atomic E-state index is 12.5. The minimum absolute atomic E-state index is 0.102. The number of sulfone groups is 1. The second kappa shape index (κ2) is 4.44. The largest absolute Gasteiger partial charge is 0.338 e. The number of nitrogens with zero attached hydrogens (tertiary/aromatic N) is 2. The minimum atomic E-state index is -3.16. The molecule has 6 rings (SSSR count). The Morgan fingerprint density at radius 1 is 1.13 bits per heavy atom. The molecule has 5 nitrogen and oxygen atoms in total. The lowest BCUT2D eigenvalue weighted by Crippen LogP contribution is -2.63. The summed E-state index contributed by atoms with van der Waals surface area (Å²) >= 11 is 0. The Hall–Kier alpha value is -1.69. The van der Waals surface area contributed by atoms with Crippen LogP contribution >= 0.6 is 0 Å². The van der Waals surface area contributed by atoms with Gasteiger partial charge in [0.1, 0.15) is 5.75 Å². The van der Waals surface area contributed by atoms with Crippen LogP contribution in [0.2, 0.25) is 0 Å². The van der Waals surface area contributed by atoms with Gasteiger partial charge in [0.2, 0.25) is 5.89 Å². The standard InChI is InChI=1S/C17H18N2O3S/c20-23(21,17-7-11(8-17)9-17)10-15-18-16(19-22-15)14-6-13(14)12-4-2-1-3-5-12/h1-5,11,13-14H,6-10H2/t11?,13-,14+,17?/m0/s1. The van der Waals surface area contributed by atoms with E-state index in [9.17, 15) is 8.42 Å². The number of hydrogen-bond donors (Lipinski definition) is 0. The van der Waals surface area contributed by atoms with Gasteiger partial charge in [0.25, 0.3) is 0 Å². The van der Waals surface area contributed by atoms with Gasteiger partial charge in [-0.25, -0.2) is 8.42 Å². The molecule has 0 amide bonds. The van der Waals surface area contributed by atoms with Gasteiger partial charge in [0, 0.05) is 5.92 Å². The zero-order valence-corrected chi connectivity index (χ0v) is 13.5. The Morgan fingerprint density at radius 3 is 2.52 bits per heavy atom. The molecule has 2 aromatic rings. The Kier molecular flexibility index (Phi) is 2.65. The fraction of sp³-hybridized carbons (Fsp3) is 0.529. The van der Waals surface area contributed by atoms with Crippen molar-refractivity contribution in [3.63, 3.8) is 0 Å². The van der Waals surface area contributed by atoms with Gasteiger partial charge in [-0.1, -0.05) is 35.5 Å². The Balaban J connectivity index is 1.30. The van der Waals surface area contributed by atoms with Crippen LogP contribution in [0, 0.1) is 5.92 Å². The molecule has 0 aliphatic heterocycles. The fourth-order valence-corrected chi connectivity index (χ4v) is 6.34. The highest BCUT2D eigenvalue weighted by atomic mass is 32.2. The first-order chi connectivity index (χ1) is 11.1. The van der Waals surface area contributed by atoms with E-state index in [1.807, 2.05) is 18.2 Å². The Labute approximate surface area is 135 Å². The molecule has 0 N–H and O–H groups in total. The van der Waals surface area contributed by atoms with E-state index in [2.05, 4.69) is 22.3 Å². The molecule has 2 atom stereocenters. The lowest BCUT2D eigenvalue weighted by atomic mass is 9.55. The van der Waals surface area contributed by atoms with E-state index in [1.165, 1.54) is 5.56 Å². The van der Waals surface area contributed by atoms with E-state index < -0.39 is 14.6 Å². The first-order valence-corrected chi connectivity index (χ1v) is 9.81. The first-order valence-electron chi connectivity index (χ1n) is 8.16. The monoisotopic (exact) mass is 330 g/mol. The van der Waals surface area contributed by atoms with Crippen LogP contribution in [0.25, 0.3) is 0 Å². The molecule has 4 fully saturated rings. The maximum Gasteiger partial charge on any atom is 0.241 e. The van der Waals surface area contributed by atoms with Crippen molar-refractivity contribution in [3.8, 4) is 0 Å². The van der Waals surface area contributed by atoms with Crippen LogP contribution in [0.1, 0.15) is 54.8 Å². The molecule has 0 unspecified atom stereocenters. The summed E-state index contributed by atoms with van der Waals surface area (Å²) in [7, 11) is -3.16. The SMILES string of the molecule is O=S(=O)(Cc1nc([C@@H]2C[C@H]2c2ccccc2)no1)C12CC(C1)C2. The molecule has 0 saturated heterocycles. The van der Waals surface area contributed by atoms with Crippen molar-refractivity contribution in [1.29, 1.82) is 0 Å². The third-order valence-corrected chi connectivity index (χ3v) is 8.24. The predicted octanol–water partition coefficient (Wildman–Crippen LogP) is 2.81. The van der Waals surface area contributed by atoms with Gasteiger partial charge in [-0.3, -0.25) is 0 Å². The molecule has 1 aromatic heterocycles. The normalized spacial score (nSPS) is 34.5. The molecule has 4 aliphatic rings. The van der Waals surface area contributed by atoms with Crippen molar-refractivity contribution in [2.45, 2.75) is 48.0 Å². The summed E-state index contributed by atoms with van der Waals surface area (Å²) in [4.78, 5) is 4.37. The first kappa shape index (κ1) is 13.7. The smallest absolute Gasteiger partial charge is 0.241 e. The maximum atomic E-state index is 12.5. The fourth-order valence-electron chi connectivity index (χ4n) is 4.12. The molecule has 4 saturated carbocycles. The van der Waals surface area contributed by atoms with Crippen molar-refractivity contribution >= 4 is 9.84 Å². The van der Waals surface area contributed by atoms with Gasteiger partial charge in [0.05, 0.1) is 4.75 Å². The van der Waals surface area contributed by atoms with Gasteiger partial charge < -0.3 is 4.52 Å². The van der Waals surface area contributed by atoms with Crippen LogP contribution in [-0.4, -0.2) is 23.3 Å². The highest BCUT2D eigenvalue weighted by Crippen LogP contribution is 2.62. The average Bonchev–Trinajstić information content (AvgIpc) is 3.09. The molecule has 0 spiro atoms. The van der Waals surface area contributed by atoms with Crippen molar-refractivity contribution in [1.82, 2.24) is 10.1 Å². The molecule has 1 heterocycles. The lowest BCUT2D eigenvalue weighted by Gasteiger charge is -2.60. The van der Waals surface area contributed by atoms with Gasteiger partial charge >= 0.3 is 0 Å². The van der Waals surface area contributed by atoms with E-state index in [4.69, 9.17) is 4.52 Å². The number of benzene rings is 1. The van der Waals surface area contributed by atoms with E-state index in [1.54, 1.807) is 0 Å². The van der Waals surface area contributed by atoms with E-state index in [-0.39, 0.29) is 17.6 Å². The van der Waals surface area contributed by atoms with Crippen LogP contribution in [0.15, 0.2) is 34.9 Å². The van der Waals surface area contributed by atoms with Gasteiger partial charge in [-0.2, -0.15) is 4.98 Å². The second-order valence-corrected chi connectivity index (χ2v) is 9.71. The molecule has 1 aromatic carbocycles. The number of aromatic nitrogens is 2. The minimum Gasteiger partial charge on any atom is -0.338 e. The molecular weight excluding hydrogens is 312 g/mol. The zero-order valence-electron chi connectivity index (χ0n) is 12.7. The summed E-state index contributed by atoms with van der Waals surface area (Å²) in [6.45, 7) is 0. The second-order valence-electron chi connectivity index (χ2n) is 7.33. The highest BCUT2D eigenvalue weighted by molar-refractivity contribution is 7.92. The predicted molar refractivity (Wildman–Crippen MR) is 83.5 cm³/mol. The van der Waals surface area contributed by atoms with Gasteiger partial charge in [-0.15, -0.1) is 0 Å². The van der Waals surface area contributed by atoms with Crippen LogP contribution in [0.5, 0.6) is 0 Å². The lowest BCUT2D eigenvalue weighted by molar-refractivity contribution is 0.0480. The number of rotatable bonds is 5. The van der Waals surface area contributed by atoms with Crippen LogP contribution in [-0.2, 0) is 15.6 Å². The van der Waals surface area contributed by atoms with E-state index in [0.717, 1.165) is 25.7 Å². The summed E-state index contributed by atoms with van der Waals surface area (Å²) in [5, 5.41) is 4.03. The Bertz CT molecular complexity index is 842. The number of hydrogen-bond acceptors (Lipinski definition) is 5. The highest BCUT2D eigenvalue weighted by Gasteiger charge is 2.64. The molecule has 6 heteroatoms. The third kappa shape index (κ3) is 2.00. The van der Waals surface area contributed by atoms with Crippen LogP contribution < -0.4 is 0 Å². The Morgan fingerprint density at radius 2 is 1.87 bits per heavy atom. The topological polar surface area (TPSA) is 73.1 Å². The molecule has 0 radical (unpaired) electrons. The van der Waals surface area contributed by atoms with Gasteiger partial charge in [-0.05, 0) is 43.1 Å². The van der Waals surface area contributed by atoms with Crippen molar-refractivity contribution in [2.75, 3.05) is 0 Å². The molecule has 23 heavy (non-hydrogen) atoms. The van der Waals surface area contributed by atoms with Crippen molar-refractivity contribution in [2.24, 2.45) is 5.92 Å². The molecule has 2 bridgehead atoms. The molecule has 120 valence electrons. The summed E-state index contributed by atoms with van der Waals surface area (Å²) in [6.07, 6.45) is 3.49. The van der Waals surface area contributed by atoms with E-state index >= 15 is 0 Å². The average molecular weight is 330 g/mol. The quantitative estimate of drug-likeness (QED) is 0.843. The van der Waals surface area contributed by atoms with E-state index in [0.29, 0.717) is 17.7 Å². The zero-order chi connectivity index (χ0) is 15.7. The summed E-state index contributed by atoms with van der Waals surface area (Å²) < 4.78 is 29.8. The summed E-state index contributed by atoms with van der Waals surface area (Å²) in [6, 6.07) is 10.3. The van der Waals surface area contributed by atoms with Crippen LogP contribution in [0.4, 0.5) is 0 Å². The van der Waals surface area contributed by atoms with Crippen LogP contribution in [0.3, 0.4) is 0 Å².